The SMILES string of the molecule is COc1ccccc1CNC(=O)c1nn2c(C3CC3)nnc2s1. The van der Waals surface area contributed by atoms with Crippen molar-refractivity contribution in [2.24, 2.45) is 0 Å². The van der Waals surface area contributed by atoms with E-state index in [4.69, 9.17) is 4.74 Å². The summed E-state index contributed by atoms with van der Waals surface area (Å²) < 4.78 is 6.98. The van der Waals surface area contributed by atoms with Crippen LogP contribution in [0.5, 0.6) is 5.75 Å². The van der Waals surface area contributed by atoms with E-state index >= 15 is 0 Å². The number of nitrogens with zero attached hydrogens (tertiary/aromatic N) is 4. The lowest BCUT2D eigenvalue weighted by Crippen LogP contribution is -2.23. The minimum Gasteiger partial charge on any atom is -0.496 e. The molecule has 1 aromatic carbocycles. The third-order valence-electron chi connectivity index (χ3n) is 3.78. The van der Waals surface area contributed by atoms with Crippen molar-refractivity contribution in [3.63, 3.8) is 0 Å². The van der Waals surface area contributed by atoms with E-state index in [-0.39, 0.29) is 5.91 Å². The summed E-state index contributed by atoms with van der Waals surface area (Å²) in [5.41, 5.74) is 0.921. The zero-order valence-corrected chi connectivity index (χ0v) is 13.3. The second-order valence-corrected chi connectivity index (χ2v) is 6.38. The van der Waals surface area contributed by atoms with E-state index in [0.29, 0.717) is 22.4 Å². The summed E-state index contributed by atoms with van der Waals surface area (Å²) >= 11 is 1.25. The number of nitrogens with one attached hydrogen (secondary N) is 1. The molecule has 1 aliphatic rings. The van der Waals surface area contributed by atoms with Gasteiger partial charge in [0.2, 0.25) is 9.97 Å². The van der Waals surface area contributed by atoms with Crippen LogP contribution in [0.2, 0.25) is 0 Å². The Balaban J connectivity index is 1.50. The lowest BCUT2D eigenvalue weighted by Gasteiger charge is -2.08. The molecule has 118 valence electrons. The van der Waals surface area contributed by atoms with Crippen LogP contribution in [0.4, 0.5) is 0 Å². The first kappa shape index (κ1) is 14.1. The highest BCUT2D eigenvalue weighted by molar-refractivity contribution is 7.18. The number of ether oxygens (including phenoxy) is 1. The summed E-state index contributed by atoms with van der Waals surface area (Å²) in [4.78, 5) is 13.0. The Hall–Kier alpha value is -2.48. The van der Waals surface area contributed by atoms with E-state index in [1.165, 1.54) is 11.3 Å². The fraction of sp³-hybridized carbons (Fsp3) is 0.333. The summed E-state index contributed by atoms with van der Waals surface area (Å²) in [6.45, 7) is 0.387. The van der Waals surface area contributed by atoms with Gasteiger partial charge >= 0.3 is 0 Å². The summed E-state index contributed by atoms with van der Waals surface area (Å²) in [7, 11) is 1.61. The molecule has 0 spiro atoms. The lowest BCUT2D eigenvalue weighted by molar-refractivity contribution is 0.0949. The molecule has 1 saturated carbocycles. The van der Waals surface area contributed by atoms with E-state index in [2.05, 4.69) is 20.6 Å². The molecule has 0 bridgehead atoms. The molecule has 1 aliphatic carbocycles. The van der Waals surface area contributed by atoms with E-state index in [9.17, 15) is 4.79 Å². The van der Waals surface area contributed by atoms with Crippen LogP contribution in [0.25, 0.3) is 4.96 Å². The van der Waals surface area contributed by atoms with Crippen LogP contribution in [0.1, 0.15) is 39.9 Å². The third-order valence-corrected chi connectivity index (χ3v) is 4.68. The van der Waals surface area contributed by atoms with Gasteiger partial charge in [-0.2, -0.15) is 4.52 Å². The molecule has 0 unspecified atom stereocenters. The summed E-state index contributed by atoms with van der Waals surface area (Å²) in [6, 6.07) is 7.59. The monoisotopic (exact) mass is 329 g/mol. The Morgan fingerprint density at radius 2 is 2.22 bits per heavy atom. The molecule has 1 fully saturated rings. The topological polar surface area (TPSA) is 81.4 Å². The Morgan fingerprint density at radius 3 is 3.00 bits per heavy atom. The molecule has 0 atom stereocenters. The Morgan fingerprint density at radius 1 is 1.39 bits per heavy atom. The van der Waals surface area contributed by atoms with Gasteiger partial charge in [-0.3, -0.25) is 4.79 Å². The highest BCUT2D eigenvalue weighted by atomic mass is 32.1. The van der Waals surface area contributed by atoms with E-state index in [1.807, 2.05) is 24.3 Å². The van der Waals surface area contributed by atoms with Crippen molar-refractivity contribution in [1.29, 1.82) is 0 Å². The van der Waals surface area contributed by atoms with Crippen LogP contribution < -0.4 is 10.1 Å². The standard InChI is InChI=1S/C15H15N5O2S/c1-22-11-5-3-2-4-10(11)8-16-13(21)14-19-20-12(9-6-7-9)17-18-15(20)23-14/h2-5,9H,6-8H2,1H3,(H,16,21). The summed E-state index contributed by atoms with van der Waals surface area (Å²) in [6.07, 6.45) is 2.24. The maximum Gasteiger partial charge on any atom is 0.282 e. The number of carbonyl (C=O) groups excluding carboxylic acids is 1. The van der Waals surface area contributed by atoms with Crippen LogP contribution in [0.3, 0.4) is 0 Å². The fourth-order valence-corrected chi connectivity index (χ4v) is 3.18. The number of para-hydroxylation sites is 1. The van der Waals surface area contributed by atoms with Gasteiger partial charge in [-0.15, -0.1) is 15.3 Å². The van der Waals surface area contributed by atoms with Crippen molar-refractivity contribution in [1.82, 2.24) is 25.1 Å². The second kappa shape index (κ2) is 5.62. The highest BCUT2D eigenvalue weighted by Crippen LogP contribution is 2.39. The van der Waals surface area contributed by atoms with Crippen LogP contribution in [-0.2, 0) is 6.54 Å². The van der Waals surface area contributed by atoms with Crippen molar-refractivity contribution >= 4 is 22.2 Å². The number of methoxy groups -OCH3 is 1. The third kappa shape index (κ3) is 2.65. The van der Waals surface area contributed by atoms with Crippen molar-refractivity contribution < 1.29 is 9.53 Å². The molecular weight excluding hydrogens is 314 g/mol. The molecule has 7 nitrogen and oxygen atoms in total. The van der Waals surface area contributed by atoms with Crippen LogP contribution in [-0.4, -0.2) is 32.8 Å². The van der Waals surface area contributed by atoms with E-state index < -0.39 is 0 Å². The van der Waals surface area contributed by atoms with Gasteiger partial charge < -0.3 is 10.1 Å². The number of rotatable bonds is 5. The zero-order chi connectivity index (χ0) is 15.8. The Kier molecular flexibility index (Phi) is 3.45. The highest BCUT2D eigenvalue weighted by Gasteiger charge is 2.30. The van der Waals surface area contributed by atoms with Gasteiger partial charge in [0, 0.05) is 18.0 Å². The number of carbonyl (C=O) groups is 1. The normalized spacial score (nSPS) is 14.1. The van der Waals surface area contributed by atoms with E-state index in [0.717, 1.165) is 30.0 Å². The first-order valence-electron chi connectivity index (χ1n) is 7.38. The smallest absolute Gasteiger partial charge is 0.282 e. The number of amides is 1. The molecule has 0 aliphatic heterocycles. The van der Waals surface area contributed by atoms with Gasteiger partial charge in [0.1, 0.15) is 5.75 Å². The average molecular weight is 329 g/mol. The average Bonchev–Trinajstić information content (AvgIpc) is 3.20. The lowest BCUT2D eigenvalue weighted by atomic mass is 10.2. The number of aromatic nitrogens is 4. The summed E-state index contributed by atoms with van der Waals surface area (Å²) in [5.74, 6) is 1.84. The van der Waals surface area contributed by atoms with Crippen molar-refractivity contribution in [3.8, 4) is 5.75 Å². The molecular formula is C15H15N5O2S. The maximum absolute atomic E-state index is 12.3. The number of hydrogen-bond donors (Lipinski definition) is 1. The second-order valence-electron chi connectivity index (χ2n) is 5.43. The molecule has 3 aromatic rings. The van der Waals surface area contributed by atoms with Gasteiger partial charge in [0.05, 0.1) is 7.11 Å². The molecule has 0 radical (unpaired) electrons. The predicted octanol–water partition coefficient (Wildman–Crippen LogP) is 2.00. The van der Waals surface area contributed by atoms with Gasteiger partial charge in [-0.25, -0.2) is 0 Å². The minimum absolute atomic E-state index is 0.215. The van der Waals surface area contributed by atoms with Crippen molar-refractivity contribution in [2.75, 3.05) is 7.11 Å². The fourth-order valence-electron chi connectivity index (χ4n) is 2.42. The predicted molar refractivity (Wildman–Crippen MR) is 84.8 cm³/mol. The van der Waals surface area contributed by atoms with Crippen molar-refractivity contribution in [2.45, 2.75) is 25.3 Å². The molecule has 1 N–H and O–H groups in total. The molecule has 23 heavy (non-hydrogen) atoms. The first-order chi connectivity index (χ1) is 11.3. The van der Waals surface area contributed by atoms with E-state index in [1.54, 1.807) is 11.6 Å². The first-order valence-corrected chi connectivity index (χ1v) is 8.20. The van der Waals surface area contributed by atoms with Crippen LogP contribution in [0, 0.1) is 0 Å². The Bertz CT molecular complexity index is 868. The van der Waals surface area contributed by atoms with Gasteiger partial charge in [-0.1, -0.05) is 29.5 Å². The number of hydrogen-bond acceptors (Lipinski definition) is 6. The van der Waals surface area contributed by atoms with Crippen LogP contribution >= 0.6 is 11.3 Å². The van der Waals surface area contributed by atoms with Gasteiger partial charge in [0.25, 0.3) is 5.91 Å². The molecule has 2 heterocycles. The molecule has 8 heteroatoms. The quantitative estimate of drug-likeness (QED) is 0.774. The molecule has 0 saturated heterocycles. The summed E-state index contributed by atoms with van der Waals surface area (Å²) in [5, 5.41) is 15.9. The number of fused-ring (bicyclic) bond motifs is 1. The molecule has 4 rings (SSSR count). The molecule has 1 amide bonds. The van der Waals surface area contributed by atoms with Crippen molar-refractivity contribution in [3.05, 3.63) is 40.7 Å². The minimum atomic E-state index is -0.215. The number of benzene rings is 1. The maximum atomic E-state index is 12.3. The van der Waals surface area contributed by atoms with Gasteiger partial charge in [-0.05, 0) is 18.9 Å². The Labute approximate surface area is 136 Å². The zero-order valence-electron chi connectivity index (χ0n) is 12.5. The van der Waals surface area contributed by atoms with Gasteiger partial charge in [0.15, 0.2) is 5.82 Å². The molecule has 2 aromatic heterocycles. The van der Waals surface area contributed by atoms with Crippen LogP contribution in [0.15, 0.2) is 24.3 Å². The largest absolute Gasteiger partial charge is 0.496 e.